The van der Waals surface area contributed by atoms with E-state index in [1.165, 1.54) is 13.3 Å². The van der Waals surface area contributed by atoms with Gasteiger partial charge in [-0.25, -0.2) is 14.2 Å². The third-order valence-corrected chi connectivity index (χ3v) is 5.64. The lowest BCUT2D eigenvalue weighted by Crippen LogP contribution is -2.36. The number of carboxylic acids is 1. The Balaban J connectivity index is 1.87. The van der Waals surface area contributed by atoms with Crippen molar-refractivity contribution in [3.8, 4) is 0 Å². The topological polar surface area (TPSA) is 123 Å². The van der Waals surface area contributed by atoms with Crippen LogP contribution in [0.3, 0.4) is 0 Å². The average Bonchev–Trinajstić information content (AvgIpc) is 3.47. The Morgan fingerprint density at radius 1 is 1.52 bits per heavy atom. The van der Waals surface area contributed by atoms with Crippen LogP contribution in [0.15, 0.2) is 22.2 Å². The summed E-state index contributed by atoms with van der Waals surface area (Å²) in [5.41, 5.74) is 5.26. The minimum Gasteiger partial charge on any atom is -0.477 e. The van der Waals surface area contributed by atoms with Gasteiger partial charge in [0.05, 0.1) is 17.6 Å². The van der Waals surface area contributed by atoms with Crippen LogP contribution in [-0.4, -0.2) is 53.1 Å². The molecule has 154 valence electrons. The summed E-state index contributed by atoms with van der Waals surface area (Å²) in [4.78, 5) is 35.1. The standard InChI is InChI=1S/C19H22FN5O4/c1-19(8-21)9-24(7-14(19)23-29-2)17-13(20)5-11-15(26)12(18(27)28)6-25(10-3-4-10)16(11)22-17/h5-6,10H,3-4,7-9,21H2,1-2H3,(H,27,28)/b23-14+/t19-/m0/s1. The number of aromatic nitrogens is 2. The first-order valence-electron chi connectivity index (χ1n) is 9.33. The zero-order chi connectivity index (χ0) is 20.9. The van der Waals surface area contributed by atoms with Crippen LogP contribution in [0.2, 0.25) is 0 Å². The summed E-state index contributed by atoms with van der Waals surface area (Å²) in [7, 11) is 1.44. The van der Waals surface area contributed by atoms with Crippen molar-refractivity contribution < 1.29 is 19.1 Å². The number of pyridine rings is 2. The maximum atomic E-state index is 15.0. The first-order valence-corrected chi connectivity index (χ1v) is 9.33. The molecule has 10 heteroatoms. The van der Waals surface area contributed by atoms with Crippen molar-refractivity contribution in [2.75, 3.05) is 31.6 Å². The molecular formula is C19H22FN5O4. The molecule has 1 atom stereocenters. The van der Waals surface area contributed by atoms with Crippen molar-refractivity contribution >= 4 is 28.5 Å². The summed E-state index contributed by atoms with van der Waals surface area (Å²) in [6.07, 6.45) is 3.02. The Morgan fingerprint density at radius 2 is 2.24 bits per heavy atom. The van der Waals surface area contributed by atoms with E-state index in [-0.39, 0.29) is 35.0 Å². The van der Waals surface area contributed by atoms with Crippen LogP contribution < -0.4 is 16.1 Å². The maximum Gasteiger partial charge on any atom is 0.341 e. The Morgan fingerprint density at radius 3 is 2.83 bits per heavy atom. The van der Waals surface area contributed by atoms with Crippen molar-refractivity contribution in [3.63, 3.8) is 0 Å². The summed E-state index contributed by atoms with van der Waals surface area (Å²) < 4.78 is 16.7. The molecule has 2 aromatic rings. The first-order chi connectivity index (χ1) is 13.8. The molecule has 0 unspecified atom stereocenters. The molecule has 2 aliphatic rings. The van der Waals surface area contributed by atoms with E-state index < -0.39 is 22.6 Å². The molecule has 1 saturated heterocycles. The summed E-state index contributed by atoms with van der Waals surface area (Å²) in [6, 6.07) is 1.14. The van der Waals surface area contributed by atoms with Gasteiger partial charge < -0.3 is 25.1 Å². The number of carboxylic acid groups (broad SMARTS) is 1. The van der Waals surface area contributed by atoms with Crippen molar-refractivity contribution in [3.05, 3.63) is 33.9 Å². The Bertz CT molecular complexity index is 1090. The van der Waals surface area contributed by atoms with Crippen LogP contribution in [0, 0.1) is 11.2 Å². The number of nitrogens with two attached hydrogens (primary N) is 1. The van der Waals surface area contributed by atoms with E-state index in [9.17, 15) is 19.1 Å². The zero-order valence-corrected chi connectivity index (χ0v) is 16.2. The highest BCUT2D eigenvalue weighted by Crippen LogP contribution is 2.38. The third kappa shape index (κ3) is 3.13. The molecule has 1 saturated carbocycles. The number of halogens is 1. The zero-order valence-electron chi connectivity index (χ0n) is 16.2. The van der Waals surface area contributed by atoms with E-state index in [0.717, 1.165) is 18.9 Å². The van der Waals surface area contributed by atoms with Crippen LogP contribution in [0.5, 0.6) is 0 Å². The number of hydrogen-bond acceptors (Lipinski definition) is 7. The fourth-order valence-corrected chi connectivity index (χ4v) is 3.76. The predicted molar refractivity (Wildman–Crippen MR) is 105 cm³/mol. The van der Waals surface area contributed by atoms with Gasteiger partial charge >= 0.3 is 5.97 Å². The first kappa shape index (κ1) is 19.3. The van der Waals surface area contributed by atoms with Crippen molar-refractivity contribution in [2.24, 2.45) is 16.3 Å². The lowest BCUT2D eigenvalue weighted by atomic mass is 9.88. The van der Waals surface area contributed by atoms with E-state index >= 15 is 0 Å². The van der Waals surface area contributed by atoms with Gasteiger partial charge in [-0.3, -0.25) is 4.79 Å². The number of fused-ring (bicyclic) bond motifs is 1. The normalized spacial score (nSPS) is 23.2. The summed E-state index contributed by atoms with van der Waals surface area (Å²) >= 11 is 0. The highest BCUT2D eigenvalue weighted by atomic mass is 19.1. The highest BCUT2D eigenvalue weighted by Gasteiger charge is 2.41. The van der Waals surface area contributed by atoms with Gasteiger partial charge in [-0.05, 0) is 18.9 Å². The summed E-state index contributed by atoms with van der Waals surface area (Å²) in [6.45, 7) is 2.90. The van der Waals surface area contributed by atoms with Gasteiger partial charge in [-0.1, -0.05) is 12.1 Å². The number of anilines is 1. The van der Waals surface area contributed by atoms with Gasteiger partial charge in [0.1, 0.15) is 18.3 Å². The lowest BCUT2D eigenvalue weighted by molar-refractivity contribution is 0.0695. The molecule has 0 spiro atoms. The van der Waals surface area contributed by atoms with Gasteiger partial charge in [0, 0.05) is 30.7 Å². The monoisotopic (exact) mass is 403 g/mol. The molecule has 0 bridgehead atoms. The third-order valence-electron chi connectivity index (χ3n) is 5.64. The van der Waals surface area contributed by atoms with E-state index in [0.29, 0.717) is 18.8 Å². The van der Waals surface area contributed by atoms with Crippen LogP contribution in [0.4, 0.5) is 10.2 Å². The second-order valence-electron chi connectivity index (χ2n) is 7.82. The molecule has 9 nitrogen and oxygen atoms in total. The molecule has 0 amide bonds. The fourth-order valence-electron chi connectivity index (χ4n) is 3.76. The predicted octanol–water partition coefficient (Wildman–Crippen LogP) is 1.36. The second kappa shape index (κ2) is 6.80. The molecule has 4 rings (SSSR count). The number of oxime groups is 1. The summed E-state index contributed by atoms with van der Waals surface area (Å²) in [5.74, 6) is -1.96. The number of carbonyl (C=O) groups is 1. The minimum atomic E-state index is -1.34. The molecule has 1 aliphatic carbocycles. The molecule has 29 heavy (non-hydrogen) atoms. The van der Waals surface area contributed by atoms with E-state index in [4.69, 9.17) is 10.6 Å². The molecule has 3 heterocycles. The van der Waals surface area contributed by atoms with Gasteiger partial charge in [0.15, 0.2) is 11.6 Å². The van der Waals surface area contributed by atoms with Gasteiger partial charge in [0.25, 0.3) is 0 Å². The van der Waals surface area contributed by atoms with Crippen molar-refractivity contribution in [1.82, 2.24) is 9.55 Å². The molecule has 3 N–H and O–H groups in total. The largest absolute Gasteiger partial charge is 0.477 e. The fraction of sp³-hybridized carbons (Fsp3) is 0.474. The smallest absolute Gasteiger partial charge is 0.341 e. The van der Waals surface area contributed by atoms with Crippen LogP contribution in [0.1, 0.15) is 36.2 Å². The highest BCUT2D eigenvalue weighted by molar-refractivity contribution is 5.97. The molecule has 1 aliphatic heterocycles. The molecule has 0 radical (unpaired) electrons. The van der Waals surface area contributed by atoms with E-state index in [1.807, 2.05) is 6.92 Å². The molecule has 0 aromatic carbocycles. The Kier molecular flexibility index (Phi) is 4.53. The molecule has 2 fully saturated rings. The van der Waals surface area contributed by atoms with Crippen molar-refractivity contribution in [1.29, 1.82) is 0 Å². The maximum absolute atomic E-state index is 15.0. The Hall–Kier alpha value is -3.01. The lowest BCUT2D eigenvalue weighted by Gasteiger charge is -2.23. The number of hydrogen-bond donors (Lipinski definition) is 2. The van der Waals surface area contributed by atoms with Gasteiger partial charge in [-0.15, -0.1) is 0 Å². The number of aromatic carboxylic acids is 1. The van der Waals surface area contributed by atoms with E-state index in [1.54, 1.807) is 9.47 Å². The van der Waals surface area contributed by atoms with E-state index in [2.05, 4.69) is 10.1 Å². The van der Waals surface area contributed by atoms with Crippen LogP contribution in [-0.2, 0) is 4.84 Å². The summed E-state index contributed by atoms with van der Waals surface area (Å²) in [5, 5.41) is 13.3. The van der Waals surface area contributed by atoms with Crippen molar-refractivity contribution in [2.45, 2.75) is 25.8 Å². The molecular weight excluding hydrogens is 381 g/mol. The minimum absolute atomic E-state index is 0.0374. The molecule has 2 aromatic heterocycles. The Labute approximate surface area is 165 Å². The SMILES string of the molecule is CO/N=C1\CN(c2nc3c(cc2F)c(=O)c(C(=O)O)cn3C2CC2)C[C@]1(C)CN. The van der Waals surface area contributed by atoms with Crippen LogP contribution in [0.25, 0.3) is 11.0 Å². The second-order valence-corrected chi connectivity index (χ2v) is 7.82. The van der Waals surface area contributed by atoms with Crippen LogP contribution >= 0.6 is 0 Å². The van der Waals surface area contributed by atoms with Gasteiger partial charge in [0.2, 0.25) is 5.43 Å². The quantitative estimate of drug-likeness (QED) is 0.723. The van der Waals surface area contributed by atoms with Gasteiger partial charge in [-0.2, -0.15) is 0 Å². The average molecular weight is 403 g/mol. The number of rotatable bonds is 5. The number of nitrogens with zero attached hydrogens (tertiary/aromatic N) is 4.